The van der Waals surface area contributed by atoms with E-state index in [1.54, 1.807) is 0 Å². The summed E-state index contributed by atoms with van der Waals surface area (Å²) in [5.41, 5.74) is 2.11. The summed E-state index contributed by atoms with van der Waals surface area (Å²) in [6.07, 6.45) is 0.644. The zero-order valence-corrected chi connectivity index (χ0v) is 15.6. The van der Waals surface area contributed by atoms with Gasteiger partial charge in [0.25, 0.3) is 0 Å². The smallest absolute Gasteiger partial charge is 0.173 e. The van der Waals surface area contributed by atoms with Gasteiger partial charge in [-0.05, 0) is 51.8 Å². The first kappa shape index (κ1) is 18.2. The maximum atomic E-state index is 11.8. The highest BCUT2D eigenvalue weighted by atomic mass is 32.2. The predicted octanol–water partition coefficient (Wildman–Crippen LogP) is 1.74. The van der Waals surface area contributed by atoms with Gasteiger partial charge in [-0.2, -0.15) is 0 Å². The molecule has 128 valence electrons. The largest absolute Gasteiger partial charge is 0.344 e. The Bertz CT molecular complexity index is 642. The molecule has 0 spiro atoms. The number of thiocarbonyl (C=S) groups is 1. The van der Waals surface area contributed by atoms with Gasteiger partial charge in [0.15, 0.2) is 14.9 Å². The Morgan fingerprint density at radius 1 is 1.26 bits per heavy atom. The van der Waals surface area contributed by atoms with Gasteiger partial charge in [-0.3, -0.25) is 0 Å². The Kier molecular flexibility index (Phi) is 6.00. The molecule has 1 aliphatic rings. The summed E-state index contributed by atoms with van der Waals surface area (Å²) in [4.78, 5) is 4.10. The Hall–Kier alpha value is -1.18. The Balaban J connectivity index is 2.09. The molecule has 0 radical (unpaired) electrons. The van der Waals surface area contributed by atoms with Gasteiger partial charge >= 0.3 is 0 Å². The van der Waals surface area contributed by atoms with Gasteiger partial charge in [-0.1, -0.05) is 17.7 Å². The molecule has 1 atom stereocenters. The summed E-state index contributed by atoms with van der Waals surface area (Å²) in [7, 11) is 1.07. The van der Waals surface area contributed by atoms with E-state index in [9.17, 15) is 8.42 Å². The molecule has 1 N–H and O–H groups in total. The number of hydrogen-bond donors (Lipinski definition) is 1. The molecule has 1 aliphatic heterocycles. The van der Waals surface area contributed by atoms with E-state index >= 15 is 0 Å². The second-order valence-corrected chi connectivity index (χ2v) is 8.97. The molecule has 1 aromatic rings. The molecule has 7 heteroatoms. The van der Waals surface area contributed by atoms with E-state index in [0.29, 0.717) is 18.1 Å². The molecule has 1 heterocycles. The van der Waals surface area contributed by atoms with Crippen molar-refractivity contribution in [3.05, 3.63) is 29.8 Å². The van der Waals surface area contributed by atoms with Gasteiger partial charge in [0.1, 0.15) is 0 Å². The first-order valence-corrected chi connectivity index (χ1v) is 9.99. The van der Waals surface area contributed by atoms with Crippen molar-refractivity contribution in [2.45, 2.75) is 19.4 Å². The lowest BCUT2D eigenvalue weighted by Crippen LogP contribution is -2.46. The van der Waals surface area contributed by atoms with Crippen LogP contribution in [0.2, 0.25) is 0 Å². The van der Waals surface area contributed by atoms with Crippen molar-refractivity contribution in [2.75, 3.05) is 44.0 Å². The number of hydrogen-bond acceptors (Lipinski definition) is 4. The molecule has 0 aliphatic carbocycles. The third-order valence-corrected chi connectivity index (χ3v) is 6.09. The molecular formula is C16H25N3O2S2. The lowest BCUT2D eigenvalue weighted by molar-refractivity contribution is 0.289. The van der Waals surface area contributed by atoms with E-state index in [-0.39, 0.29) is 17.5 Å². The van der Waals surface area contributed by atoms with Crippen LogP contribution in [0.3, 0.4) is 0 Å². The van der Waals surface area contributed by atoms with E-state index in [2.05, 4.69) is 10.2 Å². The molecule has 1 fully saturated rings. The Morgan fingerprint density at radius 3 is 2.43 bits per heavy atom. The molecule has 2 rings (SSSR count). The van der Waals surface area contributed by atoms with Gasteiger partial charge in [0.2, 0.25) is 0 Å². The van der Waals surface area contributed by atoms with Gasteiger partial charge in [-0.15, -0.1) is 0 Å². The lowest BCUT2D eigenvalue weighted by Gasteiger charge is -2.32. The van der Waals surface area contributed by atoms with Crippen molar-refractivity contribution in [2.24, 2.45) is 0 Å². The molecule has 5 nitrogen and oxygen atoms in total. The van der Waals surface area contributed by atoms with E-state index in [4.69, 9.17) is 12.2 Å². The van der Waals surface area contributed by atoms with Crippen LogP contribution in [0.15, 0.2) is 24.3 Å². The van der Waals surface area contributed by atoms with Crippen LogP contribution in [0, 0.1) is 6.92 Å². The summed E-state index contributed by atoms with van der Waals surface area (Å²) >= 11 is 5.56. The summed E-state index contributed by atoms with van der Waals surface area (Å²) < 4.78 is 23.6. The van der Waals surface area contributed by atoms with Crippen LogP contribution in [-0.4, -0.2) is 68.1 Å². The fourth-order valence-electron chi connectivity index (χ4n) is 2.61. The first-order valence-electron chi connectivity index (χ1n) is 7.76. The van der Waals surface area contributed by atoms with Crippen molar-refractivity contribution < 1.29 is 8.42 Å². The monoisotopic (exact) mass is 355 g/mol. The van der Waals surface area contributed by atoms with Gasteiger partial charge in [-0.25, -0.2) is 8.42 Å². The van der Waals surface area contributed by atoms with Crippen LogP contribution in [-0.2, 0) is 9.84 Å². The maximum Gasteiger partial charge on any atom is 0.173 e. The minimum atomic E-state index is -2.93. The number of aryl methyl sites for hydroxylation is 1. The summed E-state index contributed by atoms with van der Waals surface area (Å²) in [6, 6.07) is 7.98. The van der Waals surface area contributed by atoms with E-state index in [0.717, 1.165) is 12.2 Å². The van der Waals surface area contributed by atoms with Crippen LogP contribution in [0.5, 0.6) is 0 Å². The van der Waals surface area contributed by atoms with Crippen molar-refractivity contribution in [1.29, 1.82) is 0 Å². The fraction of sp³-hybridized carbons (Fsp3) is 0.562. The molecule has 0 amide bonds. The number of anilines is 1. The third-order valence-electron chi connectivity index (χ3n) is 4.00. The minimum Gasteiger partial charge on any atom is -0.344 e. The Morgan fingerprint density at radius 2 is 1.91 bits per heavy atom. The van der Waals surface area contributed by atoms with Crippen molar-refractivity contribution in [1.82, 2.24) is 9.80 Å². The lowest BCUT2D eigenvalue weighted by atomic mass is 10.2. The zero-order valence-electron chi connectivity index (χ0n) is 13.9. The summed E-state index contributed by atoms with van der Waals surface area (Å²) in [6.45, 7) is 3.58. The molecule has 0 saturated carbocycles. The van der Waals surface area contributed by atoms with Crippen molar-refractivity contribution in [3.8, 4) is 0 Å². The average molecular weight is 356 g/mol. The highest BCUT2D eigenvalue weighted by Crippen LogP contribution is 2.19. The SMILES string of the molecule is Cc1ccc(NC(=S)N(CCN(C)C)[C@@H]2CCS(=O)(=O)C2)cc1. The van der Waals surface area contributed by atoms with E-state index < -0.39 is 9.84 Å². The standard InChI is InChI=1S/C16H25N3O2S2/c1-13-4-6-14(7-5-13)17-16(22)19(10-9-18(2)3)15-8-11-23(20,21)12-15/h4-7,15H,8-12H2,1-3H3,(H,17,22)/t15-/m1/s1. The number of likely N-dealkylation sites (N-methyl/N-ethyl adjacent to an activating group) is 1. The number of benzene rings is 1. The van der Waals surface area contributed by atoms with Crippen LogP contribution in [0.4, 0.5) is 5.69 Å². The molecule has 23 heavy (non-hydrogen) atoms. The Labute approximate surface area is 144 Å². The van der Waals surface area contributed by atoms with Crippen LogP contribution in [0.1, 0.15) is 12.0 Å². The fourth-order valence-corrected chi connectivity index (χ4v) is 4.70. The molecular weight excluding hydrogens is 330 g/mol. The molecule has 1 aromatic carbocycles. The van der Waals surface area contributed by atoms with Crippen LogP contribution in [0.25, 0.3) is 0 Å². The average Bonchev–Trinajstić information content (AvgIpc) is 2.81. The maximum absolute atomic E-state index is 11.8. The summed E-state index contributed by atoms with van der Waals surface area (Å²) in [5, 5.41) is 3.84. The third kappa shape index (κ3) is 5.44. The van der Waals surface area contributed by atoms with Crippen molar-refractivity contribution >= 4 is 32.9 Å². The van der Waals surface area contributed by atoms with E-state index in [1.165, 1.54) is 5.56 Å². The highest BCUT2D eigenvalue weighted by molar-refractivity contribution is 7.91. The molecule has 0 unspecified atom stereocenters. The normalized spacial score (nSPS) is 19.7. The van der Waals surface area contributed by atoms with Crippen LogP contribution >= 0.6 is 12.2 Å². The van der Waals surface area contributed by atoms with Gasteiger partial charge in [0.05, 0.1) is 11.5 Å². The second kappa shape index (κ2) is 7.59. The second-order valence-electron chi connectivity index (χ2n) is 6.35. The molecule has 1 saturated heterocycles. The molecule has 0 bridgehead atoms. The first-order chi connectivity index (χ1) is 10.8. The van der Waals surface area contributed by atoms with Crippen molar-refractivity contribution in [3.63, 3.8) is 0 Å². The predicted molar refractivity (Wildman–Crippen MR) is 99.7 cm³/mol. The highest BCUT2D eigenvalue weighted by Gasteiger charge is 2.33. The molecule has 0 aromatic heterocycles. The van der Waals surface area contributed by atoms with Crippen LogP contribution < -0.4 is 5.32 Å². The number of nitrogens with one attached hydrogen (secondary N) is 1. The number of nitrogens with zero attached hydrogens (tertiary/aromatic N) is 2. The zero-order chi connectivity index (χ0) is 17.0. The van der Waals surface area contributed by atoms with Gasteiger partial charge in [0, 0.05) is 24.8 Å². The number of rotatable bonds is 5. The quantitative estimate of drug-likeness (QED) is 0.812. The van der Waals surface area contributed by atoms with E-state index in [1.807, 2.05) is 50.2 Å². The topological polar surface area (TPSA) is 52.6 Å². The van der Waals surface area contributed by atoms with Gasteiger partial charge < -0.3 is 15.1 Å². The summed E-state index contributed by atoms with van der Waals surface area (Å²) in [5.74, 6) is 0.444. The number of sulfone groups is 1. The minimum absolute atomic E-state index is 0.0367.